The summed E-state index contributed by atoms with van der Waals surface area (Å²) in [6, 6.07) is 4.11. The lowest BCUT2D eigenvalue weighted by Gasteiger charge is -2.31. The molecule has 0 atom stereocenters. The number of carbonyl (C=O) groups is 3. The normalized spacial score (nSPS) is 20.3. The highest BCUT2D eigenvalue weighted by atomic mass is 32.2. The first kappa shape index (κ1) is 18.3. The molecule has 0 spiro atoms. The van der Waals surface area contributed by atoms with Gasteiger partial charge in [-0.05, 0) is 54.3 Å². The highest BCUT2D eigenvalue weighted by Crippen LogP contribution is 2.34. The van der Waals surface area contributed by atoms with Crippen LogP contribution in [0.4, 0.5) is 4.79 Å². The van der Waals surface area contributed by atoms with Crippen molar-refractivity contribution in [3.8, 4) is 11.5 Å². The number of likely N-dealkylation sites (tertiary alicyclic amines) is 1. The molecular weight excluding hydrogens is 356 g/mol. The van der Waals surface area contributed by atoms with Crippen LogP contribution < -0.4 is 0 Å². The molecule has 0 aliphatic carbocycles. The van der Waals surface area contributed by atoms with Crippen LogP contribution in [0.5, 0.6) is 11.5 Å². The topological polar surface area (TPSA) is 98.2 Å². The molecule has 0 saturated carbocycles. The standard InChI is InChI=1S/C18H20N2O5S/c1-11-4-6-19(7-5-11)16(23)10-20-17(24)15(26-18(20)25)9-12-2-3-13(21)14(22)8-12/h2-3,8-9,11,21-22H,4-7,10H2,1H3/b15-9+. The molecule has 2 heterocycles. The van der Waals surface area contributed by atoms with Gasteiger partial charge in [0.25, 0.3) is 11.1 Å². The summed E-state index contributed by atoms with van der Waals surface area (Å²) >= 11 is 0.759. The van der Waals surface area contributed by atoms with E-state index in [-0.39, 0.29) is 28.9 Å². The lowest BCUT2D eigenvalue weighted by atomic mass is 9.99. The quantitative estimate of drug-likeness (QED) is 0.621. The fraction of sp³-hybridized carbons (Fsp3) is 0.389. The molecule has 7 nitrogen and oxygen atoms in total. The van der Waals surface area contributed by atoms with Gasteiger partial charge >= 0.3 is 0 Å². The number of benzene rings is 1. The molecule has 0 unspecified atom stereocenters. The number of hydrogen-bond acceptors (Lipinski definition) is 6. The Morgan fingerprint density at radius 3 is 2.58 bits per heavy atom. The van der Waals surface area contributed by atoms with E-state index in [9.17, 15) is 24.6 Å². The molecule has 3 amide bonds. The fourth-order valence-corrected chi connectivity index (χ4v) is 3.75. The minimum Gasteiger partial charge on any atom is -0.504 e. The maximum atomic E-state index is 12.5. The van der Waals surface area contributed by atoms with Crippen LogP contribution in [0.15, 0.2) is 23.1 Å². The largest absolute Gasteiger partial charge is 0.504 e. The van der Waals surface area contributed by atoms with Crippen LogP contribution in [0.1, 0.15) is 25.3 Å². The average Bonchev–Trinajstić information content (AvgIpc) is 2.86. The predicted octanol–water partition coefficient (Wildman–Crippen LogP) is 2.39. The third kappa shape index (κ3) is 3.85. The Morgan fingerprint density at radius 1 is 1.23 bits per heavy atom. The van der Waals surface area contributed by atoms with Gasteiger partial charge in [0.15, 0.2) is 11.5 Å². The van der Waals surface area contributed by atoms with E-state index in [1.54, 1.807) is 4.90 Å². The number of nitrogens with zero attached hydrogens (tertiary/aromatic N) is 2. The molecule has 2 saturated heterocycles. The zero-order chi connectivity index (χ0) is 18.8. The van der Waals surface area contributed by atoms with Crippen LogP contribution in [0.3, 0.4) is 0 Å². The second-order valence-corrected chi connectivity index (χ2v) is 7.57. The monoisotopic (exact) mass is 376 g/mol. The van der Waals surface area contributed by atoms with Crippen molar-refractivity contribution < 1.29 is 24.6 Å². The van der Waals surface area contributed by atoms with E-state index in [4.69, 9.17) is 0 Å². The van der Waals surface area contributed by atoms with Gasteiger partial charge in [-0.1, -0.05) is 13.0 Å². The van der Waals surface area contributed by atoms with E-state index in [0.717, 1.165) is 29.5 Å². The smallest absolute Gasteiger partial charge is 0.294 e. The third-order valence-electron chi connectivity index (χ3n) is 4.60. The van der Waals surface area contributed by atoms with Gasteiger partial charge in [0.1, 0.15) is 6.54 Å². The summed E-state index contributed by atoms with van der Waals surface area (Å²) in [6.07, 6.45) is 3.31. The molecule has 8 heteroatoms. The van der Waals surface area contributed by atoms with Crippen LogP contribution in [0, 0.1) is 5.92 Å². The summed E-state index contributed by atoms with van der Waals surface area (Å²) < 4.78 is 0. The highest BCUT2D eigenvalue weighted by Gasteiger charge is 2.37. The zero-order valence-electron chi connectivity index (χ0n) is 14.3. The molecule has 138 valence electrons. The van der Waals surface area contributed by atoms with E-state index >= 15 is 0 Å². The van der Waals surface area contributed by atoms with E-state index in [1.165, 1.54) is 24.3 Å². The summed E-state index contributed by atoms with van der Waals surface area (Å²) in [6.45, 7) is 3.19. The Bertz CT molecular complexity index is 784. The first-order chi connectivity index (χ1) is 12.3. The Labute approximate surface area is 155 Å². The number of imide groups is 1. The number of phenolic OH excluding ortho intramolecular Hbond substituents is 2. The van der Waals surface area contributed by atoms with Gasteiger partial charge in [-0.3, -0.25) is 19.3 Å². The molecular formula is C18H20N2O5S. The van der Waals surface area contributed by atoms with Crippen molar-refractivity contribution in [1.29, 1.82) is 0 Å². The van der Waals surface area contributed by atoms with E-state index in [1.807, 2.05) is 0 Å². The van der Waals surface area contributed by atoms with Crippen LogP contribution in [-0.4, -0.2) is 56.7 Å². The first-order valence-electron chi connectivity index (χ1n) is 8.40. The Kier molecular flexibility index (Phi) is 5.22. The van der Waals surface area contributed by atoms with Crippen molar-refractivity contribution in [2.45, 2.75) is 19.8 Å². The van der Waals surface area contributed by atoms with Gasteiger partial charge in [-0.2, -0.15) is 0 Å². The number of piperidine rings is 1. The molecule has 2 fully saturated rings. The molecule has 0 radical (unpaired) electrons. The number of hydrogen-bond donors (Lipinski definition) is 2. The van der Waals surface area contributed by atoms with Crippen LogP contribution in [0.25, 0.3) is 6.08 Å². The summed E-state index contributed by atoms with van der Waals surface area (Å²) in [5.41, 5.74) is 0.474. The summed E-state index contributed by atoms with van der Waals surface area (Å²) in [5.74, 6) is -0.737. The predicted molar refractivity (Wildman–Crippen MR) is 97.4 cm³/mol. The molecule has 2 aliphatic rings. The maximum absolute atomic E-state index is 12.5. The minimum atomic E-state index is -0.522. The molecule has 2 aliphatic heterocycles. The zero-order valence-corrected chi connectivity index (χ0v) is 15.2. The van der Waals surface area contributed by atoms with Crippen LogP contribution in [0.2, 0.25) is 0 Å². The number of carbonyl (C=O) groups excluding carboxylic acids is 3. The number of phenols is 2. The van der Waals surface area contributed by atoms with Gasteiger partial charge in [0, 0.05) is 13.1 Å². The van der Waals surface area contributed by atoms with Gasteiger partial charge in [0.05, 0.1) is 4.91 Å². The van der Waals surface area contributed by atoms with Crippen molar-refractivity contribution in [3.05, 3.63) is 28.7 Å². The highest BCUT2D eigenvalue weighted by molar-refractivity contribution is 8.18. The maximum Gasteiger partial charge on any atom is 0.294 e. The van der Waals surface area contributed by atoms with Gasteiger partial charge in [-0.25, -0.2) is 0 Å². The molecule has 0 bridgehead atoms. The van der Waals surface area contributed by atoms with Crippen molar-refractivity contribution in [3.63, 3.8) is 0 Å². The lowest BCUT2D eigenvalue weighted by molar-refractivity contribution is -0.136. The summed E-state index contributed by atoms with van der Waals surface area (Å²) in [5, 5.41) is 18.4. The number of thioether (sulfide) groups is 1. The average molecular weight is 376 g/mol. The number of rotatable bonds is 3. The second kappa shape index (κ2) is 7.41. The molecule has 0 aromatic heterocycles. The van der Waals surface area contributed by atoms with Crippen LogP contribution in [-0.2, 0) is 9.59 Å². The second-order valence-electron chi connectivity index (χ2n) is 6.58. The van der Waals surface area contributed by atoms with Gasteiger partial charge in [0.2, 0.25) is 5.91 Å². The van der Waals surface area contributed by atoms with E-state index in [0.29, 0.717) is 24.6 Å². The number of amides is 3. The van der Waals surface area contributed by atoms with Crippen molar-refractivity contribution >= 4 is 34.9 Å². The lowest BCUT2D eigenvalue weighted by Crippen LogP contribution is -2.45. The molecule has 3 rings (SSSR count). The van der Waals surface area contributed by atoms with Crippen LogP contribution >= 0.6 is 11.8 Å². The molecule has 2 N–H and O–H groups in total. The van der Waals surface area contributed by atoms with E-state index in [2.05, 4.69) is 6.92 Å². The van der Waals surface area contributed by atoms with Gasteiger partial charge in [-0.15, -0.1) is 0 Å². The molecule has 26 heavy (non-hydrogen) atoms. The fourth-order valence-electron chi connectivity index (χ4n) is 2.91. The minimum absolute atomic E-state index is 0.181. The molecule has 1 aromatic rings. The SMILES string of the molecule is CC1CCN(C(=O)CN2C(=O)S/C(=C/c3ccc(O)c(O)c3)C2=O)CC1. The Balaban J connectivity index is 1.69. The van der Waals surface area contributed by atoms with Gasteiger partial charge < -0.3 is 15.1 Å². The number of aromatic hydroxyl groups is 2. The third-order valence-corrected chi connectivity index (χ3v) is 5.51. The summed E-state index contributed by atoms with van der Waals surface area (Å²) in [4.78, 5) is 39.8. The van der Waals surface area contributed by atoms with Crippen molar-refractivity contribution in [2.75, 3.05) is 19.6 Å². The Hall–Kier alpha value is -2.48. The van der Waals surface area contributed by atoms with Crippen molar-refractivity contribution in [1.82, 2.24) is 9.80 Å². The first-order valence-corrected chi connectivity index (χ1v) is 9.22. The molecule has 1 aromatic carbocycles. The summed E-state index contributed by atoms with van der Waals surface area (Å²) in [7, 11) is 0. The van der Waals surface area contributed by atoms with E-state index < -0.39 is 11.1 Å². The Morgan fingerprint density at radius 2 is 1.92 bits per heavy atom. The van der Waals surface area contributed by atoms with Crippen molar-refractivity contribution in [2.24, 2.45) is 5.92 Å².